The van der Waals surface area contributed by atoms with Gasteiger partial charge in [0.15, 0.2) is 17.6 Å². The molecule has 6 heteroatoms. The lowest BCUT2D eigenvalue weighted by Crippen LogP contribution is -2.35. The summed E-state index contributed by atoms with van der Waals surface area (Å²) in [5, 5.41) is 2.76. The molecule has 2 aromatic rings. The van der Waals surface area contributed by atoms with Gasteiger partial charge in [0.05, 0.1) is 20.6 Å². The Balaban J connectivity index is 1.86. The van der Waals surface area contributed by atoms with Gasteiger partial charge in [0.1, 0.15) is 0 Å². The van der Waals surface area contributed by atoms with Crippen molar-refractivity contribution in [2.45, 2.75) is 39.8 Å². The lowest BCUT2D eigenvalue weighted by Gasteiger charge is -2.15. The Bertz CT molecular complexity index is 847. The highest BCUT2D eigenvalue weighted by Crippen LogP contribution is 2.27. The van der Waals surface area contributed by atoms with E-state index in [1.54, 1.807) is 33.3 Å². The van der Waals surface area contributed by atoms with Crippen LogP contribution in [0.3, 0.4) is 0 Å². The van der Waals surface area contributed by atoms with Crippen molar-refractivity contribution in [3.8, 4) is 11.5 Å². The van der Waals surface area contributed by atoms with Crippen LogP contribution in [-0.4, -0.2) is 32.2 Å². The number of aryl methyl sites for hydroxylation is 2. The quantitative estimate of drug-likeness (QED) is 0.707. The Hall–Kier alpha value is -3.02. The largest absolute Gasteiger partial charge is 0.493 e. The van der Waals surface area contributed by atoms with Crippen LogP contribution in [0, 0.1) is 13.8 Å². The van der Waals surface area contributed by atoms with Crippen molar-refractivity contribution in [1.82, 2.24) is 5.32 Å². The van der Waals surface area contributed by atoms with Crippen LogP contribution in [0.2, 0.25) is 0 Å². The molecule has 0 spiro atoms. The summed E-state index contributed by atoms with van der Waals surface area (Å²) in [4.78, 5) is 24.4. The molecule has 0 saturated carbocycles. The van der Waals surface area contributed by atoms with Crippen LogP contribution in [-0.2, 0) is 27.3 Å². The predicted molar refractivity (Wildman–Crippen MR) is 107 cm³/mol. The molecule has 6 nitrogen and oxygen atoms in total. The average Bonchev–Trinajstić information content (AvgIpc) is 2.68. The molecule has 28 heavy (non-hydrogen) atoms. The molecule has 1 N–H and O–H groups in total. The number of ether oxygens (including phenoxy) is 3. The van der Waals surface area contributed by atoms with E-state index in [-0.39, 0.29) is 18.9 Å². The number of methoxy groups -OCH3 is 2. The highest BCUT2D eigenvalue weighted by molar-refractivity contribution is 5.83. The Morgan fingerprint density at radius 1 is 0.929 bits per heavy atom. The minimum Gasteiger partial charge on any atom is -0.493 e. The summed E-state index contributed by atoms with van der Waals surface area (Å²) in [5.41, 5.74) is 4.00. The van der Waals surface area contributed by atoms with Crippen LogP contribution in [0.25, 0.3) is 0 Å². The zero-order chi connectivity index (χ0) is 20.7. The lowest BCUT2D eigenvalue weighted by molar-refractivity contribution is -0.154. The van der Waals surface area contributed by atoms with Crippen LogP contribution >= 0.6 is 0 Å². The van der Waals surface area contributed by atoms with E-state index in [2.05, 4.69) is 5.32 Å². The molecule has 0 aliphatic heterocycles. The first kappa shape index (κ1) is 21.3. The summed E-state index contributed by atoms with van der Waals surface area (Å²) in [6.45, 7) is 5.86. The van der Waals surface area contributed by atoms with E-state index >= 15 is 0 Å². The molecule has 0 aliphatic rings. The molecule has 150 valence electrons. The fourth-order valence-corrected chi connectivity index (χ4v) is 2.70. The van der Waals surface area contributed by atoms with E-state index in [0.29, 0.717) is 11.5 Å². The molecule has 0 unspecified atom stereocenters. The Morgan fingerprint density at radius 3 is 2.25 bits per heavy atom. The third-order valence-electron chi connectivity index (χ3n) is 4.51. The second-order valence-electron chi connectivity index (χ2n) is 6.63. The first-order chi connectivity index (χ1) is 13.3. The number of nitrogens with one attached hydrogen (secondary N) is 1. The van der Waals surface area contributed by atoms with Gasteiger partial charge in [-0.05, 0) is 55.2 Å². The average molecular weight is 385 g/mol. The minimum atomic E-state index is -0.876. The molecule has 2 aromatic carbocycles. The summed E-state index contributed by atoms with van der Waals surface area (Å²) in [6, 6.07) is 11.2. The Morgan fingerprint density at radius 2 is 1.61 bits per heavy atom. The number of hydrogen-bond donors (Lipinski definition) is 1. The van der Waals surface area contributed by atoms with Crippen molar-refractivity contribution >= 4 is 11.9 Å². The van der Waals surface area contributed by atoms with Crippen molar-refractivity contribution in [3.05, 3.63) is 58.7 Å². The van der Waals surface area contributed by atoms with Crippen LogP contribution in [0.5, 0.6) is 11.5 Å². The number of rotatable bonds is 8. The monoisotopic (exact) mass is 385 g/mol. The second kappa shape index (κ2) is 9.78. The van der Waals surface area contributed by atoms with Crippen molar-refractivity contribution in [2.24, 2.45) is 0 Å². The van der Waals surface area contributed by atoms with Gasteiger partial charge in [-0.15, -0.1) is 0 Å². The summed E-state index contributed by atoms with van der Waals surface area (Å²) in [7, 11) is 3.12. The predicted octanol–water partition coefficient (Wildman–Crippen LogP) is 3.11. The van der Waals surface area contributed by atoms with Gasteiger partial charge in [0.2, 0.25) is 0 Å². The molecule has 0 saturated heterocycles. The highest BCUT2D eigenvalue weighted by Gasteiger charge is 2.18. The Labute approximate surface area is 165 Å². The fraction of sp³-hybridized carbons (Fsp3) is 0.364. The first-order valence-electron chi connectivity index (χ1n) is 9.08. The third-order valence-corrected chi connectivity index (χ3v) is 4.51. The number of carbonyl (C=O) groups excluding carboxylic acids is 2. The molecule has 1 amide bonds. The SMILES string of the molecule is COc1ccc(CNC(=O)[C@H](C)OC(=O)Cc2ccc(C)c(C)c2)cc1OC. The summed E-state index contributed by atoms with van der Waals surface area (Å²) < 4.78 is 15.7. The summed E-state index contributed by atoms with van der Waals surface area (Å²) in [6.07, 6.45) is -0.742. The summed E-state index contributed by atoms with van der Waals surface area (Å²) >= 11 is 0. The molecule has 0 aromatic heterocycles. The van der Waals surface area contributed by atoms with Crippen molar-refractivity contribution in [1.29, 1.82) is 0 Å². The maximum absolute atomic E-state index is 12.2. The van der Waals surface area contributed by atoms with E-state index in [1.807, 2.05) is 38.1 Å². The maximum Gasteiger partial charge on any atom is 0.311 e. The van der Waals surface area contributed by atoms with Gasteiger partial charge in [-0.3, -0.25) is 9.59 Å². The standard InChI is InChI=1S/C22H27NO5/c1-14-6-7-17(10-15(14)2)12-21(24)28-16(3)22(25)23-13-18-8-9-19(26-4)20(11-18)27-5/h6-11,16H,12-13H2,1-5H3,(H,23,25)/t16-/m0/s1. The van der Waals surface area contributed by atoms with Gasteiger partial charge < -0.3 is 19.5 Å². The molecule has 0 bridgehead atoms. The number of hydrogen-bond acceptors (Lipinski definition) is 5. The van der Waals surface area contributed by atoms with E-state index in [1.165, 1.54) is 5.56 Å². The van der Waals surface area contributed by atoms with Crippen LogP contribution in [0.4, 0.5) is 0 Å². The van der Waals surface area contributed by atoms with Crippen molar-refractivity contribution < 1.29 is 23.8 Å². The molecular weight excluding hydrogens is 358 g/mol. The van der Waals surface area contributed by atoms with Gasteiger partial charge in [0, 0.05) is 6.54 Å². The van der Waals surface area contributed by atoms with Crippen LogP contribution in [0.1, 0.15) is 29.2 Å². The van der Waals surface area contributed by atoms with E-state index < -0.39 is 12.1 Å². The topological polar surface area (TPSA) is 73.9 Å². The smallest absolute Gasteiger partial charge is 0.311 e. The normalized spacial score (nSPS) is 11.5. The molecule has 0 heterocycles. The number of benzene rings is 2. The van der Waals surface area contributed by atoms with Gasteiger partial charge in [0.25, 0.3) is 5.91 Å². The van der Waals surface area contributed by atoms with Crippen LogP contribution < -0.4 is 14.8 Å². The second-order valence-corrected chi connectivity index (χ2v) is 6.63. The van der Waals surface area contributed by atoms with E-state index in [9.17, 15) is 9.59 Å². The molecule has 2 rings (SSSR count). The van der Waals surface area contributed by atoms with Crippen molar-refractivity contribution in [3.63, 3.8) is 0 Å². The van der Waals surface area contributed by atoms with Gasteiger partial charge in [-0.25, -0.2) is 0 Å². The van der Waals surface area contributed by atoms with Gasteiger partial charge >= 0.3 is 5.97 Å². The molecule has 0 aliphatic carbocycles. The first-order valence-corrected chi connectivity index (χ1v) is 9.08. The zero-order valence-electron chi connectivity index (χ0n) is 17.0. The maximum atomic E-state index is 12.2. The van der Waals surface area contributed by atoms with E-state index in [0.717, 1.165) is 16.7 Å². The van der Waals surface area contributed by atoms with Crippen molar-refractivity contribution in [2.75, 3.05) is 14.2 Å². The number of carbonyl (C=O) groups is 2. The Kier molecular flexibility index (Phi) is 7.44. The minimum absolute atomic E-state index is 0.133. The lowest BCUT2D eigenvalue weighted by atomic mass is 10.0. The third kappa shape index (κ3) is 5.74. The highest BCUT2D eigenvalue weighted by atomic mass is 16.5. The zero-order valence-corrected chi connectivity index (χ0v) is 17.0. The molecule has 1 atom stereocenters. The van der Waals surface area contributed by atoms with Gasteiger partial charge in [-0.2, -0.15) is 0 Å². The van der Waals surface area contributed by atoms with E-state index in [4.69, 9.17) is 14.2 Å². The fourth-order valence-electron chi connectivity index (χ4n) is 2.70. The summed E-state index contributed by atoms with van der Waals surface area (Å²) in [5.74, 6) is 0.411. The van der Waals surface area contributed by atoms with Crippen LogP contribution in [0.15, 0.2) is 36.4 Å². The molecule has 0 fully saturated rings. The number of amides is 1. The molecule has 0 radical (unpaired) electrons. The molecular formula is C22H27NO5. The van der Waals surface area contributed by atoms with Gasteiger partial charge in [-0.1, -0.05) is 24.3 Å². The number of esters is 1.